The number of rotatable bonds is 3. The standard InChI is InChI=1S/C20H24ClN3O3/c1-11-8-17(25)15(9-16(11)21)18(22)13-3-5-24(6-4-13)20(27)14-7-12(2)19(26)23-10-14/h7-10,13,18,25H,3-6,22H2,1-2H3,(H,23,26)/t18-/m1/s1. The van der Waals surface area contributed by atoms with E-state index < -0.39 is 0 Å². The highest BCUT2D eigenvalue weighted by molar-refractivity contribution is 6.31. The molecule has 1 aliphatic heterocycles. The fraction of sp³-hybridized carbons (Fsp3) is 0.400. The van der Waals surface area contributed by atoms with Crippen LogP contribution in [0.3, 0.4) is 0 Å². The number of nitrogens with zero attached hydrogens (tertiary/aromatic N) is 1. The Labute approximate surface area is 163 Å². The highest BCUT2D eigenvalue weighted by Crippen LogP contribution is 2.36. The molecule has 2 heterocycles. The largest absolute Gasteiger partial charge is 0.508 e. The van der Waals surface area contributed by atoms with Gasteiger partial charge in [0.1, 0.15) is 5.75 Å². The summed E-state index contributed by atoms with van der Waals surface area (Å²) in [5.41, 5.74) is 8.66. The van der Waals surface area contributed by atoms with Gasteiger partial charge in [-0.25, -0.2) is 0 Å². The van der Waals surface area contributed by atoms with Crippen molar-refractivity contribution in [3.8, 4) is 5.75 Å². The molecule has 1 saturated heterocycles. The van der Waals surface area contributed by atoms with Crippen molar-refractivity contribution < 1.29 is 9.90 Å². The molecule has 4 N–H and O–H groups in total. The number of H-pyrrole nitrogens is 1. The molecule has 0 radical (unpaired) electrons. The Bertz CT molecular complexity index is 917. The van der Waals surface area contributed by atoms with Crippen molar-refractivity contribution >= 4 is 17.5 Å². The number of nitrogens with one attached hydrogen (secondary N) is 1. The minimum absolute atomic E-state index is 0.0948. The van der Waals surface area contributed by atoms with Crippen molar-refractivity contribution in [3.63, 3.8) is 0 Å². The van der Waals surface area contributed by atoms with E-state index >= 15 is 0 Å². The number of phenolic OH excluding ortho intramolecular Hbond substituents is 1. The molecule has 6 nitrogen and oxygen atoms in total. The topological polar surface area (TPSA) is 99.4 Å². The number of pyridine rings is 1. The average molecular weight is 390 g/mol. The third-order valence-corrected chi connectivity index (χ3v) is 5.74. The molecule has 0 aliphatic carbocycles. The van der Waals surface area contributed by atoms with E-state index in [1.807, 2.05) is 6.92 Å². The molecule has 7 heteroatoms. The van der Waals surface area contributed by atoms with Crippen molar-refractivity contribution in [3.05, 3.63) is 62.0 Å². The van der Waals surface area contributed by atoms with Crippen LogP contribution in [0.5, 0.6) is 5.75 Å². The number of benzene rings is 1. The molecule has 1 aliphatic rings. The first kappa shape index (κ1) is 19.5. The summed E-state index contributed by atoms with van der Waals surface area (Å²) in [5, 5.41) is 10.8. The van der Waals surface area contributed by atoms with Crippen LogP contribution < -0.4 is 11.3 Å². The molecule has 2 aromatic rings. The number of likely N-dealkylation sites (tertiary alicyclic amines) is 1. The number of piperidine rings is 1. The molecule has 0 spiro atoms. The summed E-state index contributed by atoms with van der Waals surface area (Å²) in [5.74, 6) is 0.213. The first-order valence-electron chi connectivity index (χ1n) is 9.01. The first-order valence-corrected chi connectivity index (χ1v) is 9.39. The maximum absolute atomic E-state index is 12.7. The van der Waals surface area contributed by atoms with Gasteiger partial charge in [0.2, 0.25) is 0 Å². The number of phenols is 1. The second kappa shape index (κ2) is 7.74. The van der Waals surface area contributed by atoms with Gasteiger partial charge < -0.3 is 20.7 Å². The van der Waals surface area contributed by atoms with Gasteiger partial charge in [-0.05, 0) is 56.4 Å². The van der Waals surface area contributed by atoms with Crippen LogP contribution in [0.1, 0.15) is 45.9 Å². The Morgan fingerprint density at radius 3 is 2.56 bits per heavy atom. The van der Waals surface area contributed by atoms with Crippen LogP contribution in [0, 0.1) is 19.8 Å². The Kier molecular flexibility index (Phi) is 5.58. The van der Waals surface area contributed by atoms with E-state index in [4.69, 9.17) is 17.3 Å². The number of aromatic amines is 1. The molecule has 1 atom stereocenters. The summed E-state index contributed by atoms with van der Waals surface area (Å²) in [6.45, 7) is 4.67. The van der Waals surface area contributed by atoms with E-state index in [0.29, 0.717) is 34.8 Å². The van der Waals surface area contributed by atoms with Gasteiger partial charge in [-0.2, -0.15) is 0 Å². The number of hydrogen-bond donors (Lipinski definition) is 3. The van der Waals surface area contributed by atoms with Crippen molar-refractivity contribution in [2.24, 2.45) is 11.7 Å². The van der Waals surface area contributed by atoms with E-state index in [-0.39, 0.29) is 29.2 Å². The van der Waals surface area contributed by atoms with Crippen molar-refractivity contribution in [1.29, 1.82) is 0 Å². The Hall–Kier alpha value is -2.31. The summed E-state index contributed by atoms with van der Waals surface area (Å²) < 4.78 is 0. The molecule has 0 bridgehead atoms. The first-order chi connectivity index (χ1) is 12.8. The number of aromatic nitrogens is 1. The number of amides is 1. The number of nitrogens with two attached hydrogens (primary N) is 1. The van der Waals surface area contributed by atoms with Gasteiger partial charge in [-0.3, -0.25) is 9.59 Å². The molecule has 0 saturated carbocycles. The molecule has 1 fully saturated rings. The molecule has 27 heavy (non-hydrogen) atoms. The maximum atomic E-state index is 12.7. The van der Waals surface area contributed by atoms with Crippen molar-refractivity contribution in [1.82, 2.24) is 9.88 Å². The Balaban J connectivity index is 1.68. The Morgan fingerprint density at radius 2 is 1.93 bits per heavy atom. The molecule has 1 aromatic carbocycles. The van der Waals surface area contributed by atoms with Crippen LogP contribution in [0.2, 0.25) is 5.02 Å². The van der Waals surface area contributed by atoms with Crippen LogP contribution in [0.15, 0.2) is 29.2 Å². The summed E-state index contributed by atoms with van der Waals surface area (Å²) in [6, 6.07) is 4.65. The summed E-state index contributed by atoms with van der Waals surface area (Å²) in [7, 11) is 0. The highest BCUT2D eigenvalue weighted by atomic mass is 35.5. The minimum atomic E-state index is -0.337. The minimum Gasteiger partial charge on any atom is -0.508 e. The number of halogens is 1. The van der Waals surface area contributed by atoms with Gasteiger partial charge in [-0.1, -0.05) is 11.6 Å². The van der Waals surface area contributed by atoms with Gasteiger partial charge in [0.05, 0.1) is 5.56 Å². The fourth-order valence-corrected chi connectivity index (χ4v) is 3.74. The van der Waals surface area contributed by atoms with Crippen LogP contribution in [-0.4, -0.2) is 34.0 Å². The molecule has 1 amide bonds. The van der Waals surface area contributed by atoms with Gasteiger partial charge in [0.15, 0.2) is 0 Å². The molecule has 0 unspecified atom stereocenters. The van der Waals surface area contributed by atoms with Gasteiger partial charge in [0.25, 0.3) is 11.5 Å². The number of aryl methyl sites for hydroxylation is 2. The predicted octanol–water partition coefficient (Wildman–Crippen LogP) is 2.90. The van der Waals surface area contributed by atoms with E-state index in [9.17, 15) is 14.7 Å². The lowest BCUT2D eigenvalue weighted by molar-refractivity contribution is 0.0677. The second-order valence-electron chi connectivity index (χ2n) is 7.22. The lowest BCUT2D eigenvalue weighted by Crippen LogP contribution is -2.41. The molecular formula is C20H24ClN3O3. The van der Waals surface area contributed by atoms with Gasteiger partial charge >= 0.3 is 0 Å². The second-order valence-corrected chi connectivity index (χ2v) is 7.62. The third-order valence-electron chi connectivity index (χ3n) is 5.34. The monoisotopic (exact) mass is 389 g/mol. The van der Waals surface area contributed by atoms with E-state index in [1.54, 1.807) is 30.0 Å². The zero-order chi connectivity index (χ0) is 19.7. The number of carbonyl (C=O) groups is 1. The number of carbonyl (C=O) groups excluding carboxylic acids is 1. The van der Waals surface area contributed by atoms with Crippen molar-refractivity contribution in [2.75, 3.05) is 13.1 Å². The number of aromatic hydroxyl groups is 1. The molecule has 3 rings (SSSR count). The van der Waals surface area contributed by atoms with Gasteiger partial charge in [-0.15, -0.1) is 0 Å². The molecule has 144 valence electrons. The summed E-state index contributed by atoms with van der Waals surface area (Å²) in [4.78, 5) is 28.5. The summed E-state index contributed by atoms with van der Waals surface area (Å²) in [6.07, 6.45) is 2.93. The molecular weight excluding hydrogens is 366 g/mol. The summed E-state index contributed by atoms with van der Waals surface area (Å²) >= 11 is 6.18. The third kappa shape index (κ3) is 4.01. The SMILES string of the molecule is Cc1cc(O)c([C@H](N)C2CCN(C(=O)c3c[nH]c(=O)c(C)c3)CC2)cc1Cl. The number of hydrogen-bond acceptors (Lipinski definition) is 4. The maximum Gasteiger partial charge on any atom is 0.255 e. The molecule has 1 aromatic heterocycles. The van der Waals surface area contributed by atoms with Gasteiger partial charge in [0, 0.05) is 41.5 Å². The average Bonchev–Trinajstić information content (AvgIpc) is 2.66. The zero-order valence-electron chi connectivity index (χ0n) is 15.5. The van der Waals surface area contributed by atoms with Crippen LogP contribution in [0.25, 0.3) is 0 Å². The van der Waals surface area contributed by atoms with Crippen LogP contribution in [-0.2, 0) is 0 Å². The normalized spacial score (nSPS) is 16.4. The lowest BCUT2D eigenvalue weighted by atomic mass is 9.85. The lowest BCUT2D eigenvalue weighted by Gasteiger charge is -2.35. The van der Waals surface area contributed by atoms with E-state index in [1.165, 1.54) is 6.20 Å². The Morgan fingerprint density at radius 1 is 1.26 bits per heavy atom. The quantitative estimate of drug-likeness (QED) is 0.751. The zero-order valence-corrected chi connectivity index (χ0v) is 16.2. The fourth-order valence-electron chi connectivity index (χ4n) is 3.57. The highest BCUT2D eigenvalue weighted by Gasteiger charge is 2.29. The van der Waals surface area contributed by atoms with E-state index in [0.717, 1.165) is 18.4 Å². The van der Waals surface area contributed by atoms with E-state index in [2.05, 4.69) is 4.98 Å². The smallest absolute Gasteiger partial charge is 0.255 e. The van der Waals surface area contributed by atoms with Crippen LogP contribution in [0.4, 0.5) is 0 Å². The van der Waals surface area contributed by atoms with Crippen LogP contribution >= 0.6 is 11.6 Å². The van der Waals surface area contributed by atoms with Crippen molar-refractivity contribution in [2.45, 2.75) is 32.7 Å². The predicted molar refractivity (Wildman–Crippen MR) is 105 cm³/mol.